The van der Waals surface area contributed by atoms with Crippen molar-refractivity contribution in [3.8, 4) is 0 Å². The van der Waals surface area contributed by atoms with Gasteiger partial charge in [0.1, 0.15) is 0 Å². The van der Waals surface area contributed by atoms with Crippen molar-refractivity contribution in [2.24, 2.45) is 0 Å². The van der Waals surface area contributed by atoms with Gasteiger partial charge in [-0.3, -0.25) is 0 Å². The summed E-state index contributed by atoms with van der Waals surface area (Å²) in [6.07, 6.45) is 0. The highest BCUT2D eigenvalue weighted by Crippen LogP contribution is 2.26. The molecule has 0 spiro atoms. The zero-order valence-corrected chi connectivity index (χ0v) is 9.27. The van der Waals surface area contributed by atoms with Crippen molar-refractivity contribution in [3.05, 3.63) is 28.7 Å². The topological polar surface area (TPSA) is 26.3 Å². The smallest absolute Gasteiger partial charge is 0.363 e. The molecular formula is C11H12O2S. The molecule has 0 saturated heterocycles. The molecule has 0 fully saturated rings. The molecule has 14 heavy (non-hydrogen) atoms. The zero-order chi connectivity index (χ0) is 10.3. The van der Waals surface area contributed by atoms with E-state index in [4.69, 9.17) is 21.1 Å². The molecule has 74 valence electrons. The van der Waals surface area contributed by atoms with E-state index in [1.54, 1.807) is 0 Å². The third kappa shape index (κ3) is 1.60. The monoisotopic (exact) mass is 208 g/mol. The Morgan fingerprint density at radius 3 is 2.36 bits per heavy atom. The number of rotatable bonds is 0. The number of hydrogen-bond donors (Lipinski definition) is 0. The lowest BCUT2D eigenvalue weighted by Crippen LogP contribution is -2.10. The van der Waals surface area contributed by atoms with Gasteiger partial charge in [0.2, 0.25) is 0 Å². The van der Waals surface area contributed by atoms with Crippen LogP contribution >= 0.6 is 12.2 Å². The highest BCUT2D eigenvalue weighted by atomic mass is 32.1. The second kappa shape index (κ2) is 2.95. The van der Waals surface area contributed by atoms with E-state index >= 15 is 0 Å². The standard InChI is InChI=1S/C11H12O2S/c1-11(2,3)7-4-5-8-9(6-7)13-10(14)12-8/h4-6H,1-3H3. The summed E-state index contributed by atoms with van der Waals surface area (Å²) in [7, 11) is 0. The van der Waals surface area contributed by atoms with Crippen molar-refractivity contribution in [2.75, 3.05) is 0 Å². The molecule has 3 heteroatoms. The summed E-state index contributed by atoms with van der Waals surface area (Å²) in [5, 5.41) is 0. The van der Waals surface area contributed by atoms with Crippen molar-refractivity contribution in [2.45, 2.75) is 26.2 Å². The van der Waals surface area contributed by atoms with Gasteiger partial charge in [-0.2, -0.15) is 0 Å². The molecule has 0 aliphatic rings. The van der Waals surface area contributed by atoms with Crippen LogP contribution in [0.4, 0.5) is 0 Å². The fourth-order valence-electron chi connectivity index (χ4n) is 1.34. The van der Waals surface area contributed by atoms with Crippen LogP contribution in [0, 0.1) is 4.90 Å². The van der Waals surface area contributed by atoms with Crippen molar-refractivity contribution in [1.82, 2.24) is 0 Å². The Labute approximate surface area is 87.5 Å². The van der Waals surface area contributed by atoms with Crippen molar-refractivity contribution in [3.63, 3.8) is 0 Å². The molecule has 0 atom stereocenters. The lowest BCUT2D eigenvalue weighted by Gasteiger charge is -2.18. The second-order valence-corrected chi connectivity index (χ2v) is 4.70. The summed E-state index contributed by atoms with van der Waals surface area (Å²) in [6, 6.07) is 5.92. The van der Waals surface area contributed by atoms with Crippen LogP contribution in [0.25, 0.3) is 11.2 Å². The van der Waals surface area contributed by atoms with Crippen LogP contribution < -0.4 is 0 Å². The average Bonchev–Trinajstić information content (AvgIpc) is 2.41. The van der Waals surface area contributed by atoms with Crippen LogP contribution in [0.1, 0.15) is 26.3 Å². The molecular weight excluding hydrogens is 196 g/mol. The summed E-state index contributed by atoms with van der Waals surface area (Å²) in [5.74, 6) is 0. The predicted molar refractivity (Wildman–Crippen MR) is 58.0 cm³/mol. The molecule has 0 bridgehead atoms. The van der Waals surface area contributed by atoms with Crippen LogP contribution in [-0.2, 0) is 5.41 Å². The first kappa shape index (κ1) is 9.46. The first-order valence-corrected chi connectivity index (χ1v) is 4.92. The lowest BCUT2D eigenvalue weighted by atomic mass is 9.87. The van der Waals surface area contributed by atoms with Crippen molar-refractivity contribution in [1.29, 1.82) is 0 Å². The largest absolute Gasteiger partial charge is 0.413 e. The van der Waals surface area contributed by atoms with Crippen LogP contribution in [0.15, 0.2) is 27.0 Å². The highest BCUT2D eigenvalue weighted by molar-refractivity contribution is 7.71. The van der Waals surface area contributed by atoms with Gasteiger partial charge in [0, 0.05) is 12.2 Å². The van der Waals surface area contributed by atoms with Crippen LogP contribution in [0.3, 0.4) is 0 Å². The third-order valence-electron chi connectivity index (χ3n) is 2.20. The zero-order valence-electron chi connectivity index (χ0n) is 8.46. The van der Waals surface area contributed by atoms with E-state index in [-0.39, 0.29) is 10.3 Å². The molecule has 0 N–H and O–H groups in total. The molecule has 0 radical (unpaired) electrons. The van der Waals surface area contributed by atoms with Crippen molar-refractivity contribution < 1.29 is 8.83 Å². The molecule has 2 aromatic rings. The van der Waals surface area contributed by atoms with Crippen molar-refractivity contribution >= 4 is 23.4 Å². The van der Waals surface area contributed by atoms with Gasteiger partial charge in [0.05, 0.1) is 0 Å². The predicted octanol–water partition coefficient (Wildman–Crippen LogP) is 4.05. The van der Waals surface area contributed by atoms with Gasteiger partial charge >= 0.3 is 4.90 Å². The van der Waals surface area contributed by atoms with E-state index in [1.807, 2.05) is 18.2 Å². The van der Waals surface area contributed by atoms with Gasteiger partial charge < -0.3 is 8.83 Å². The minimum atomic E-state index is 0.114. The van der Waals surface area contributed by atoms with Gasteiger partial charge in [0.25, 0.3) is 0 Å². The van der Waals surface area contributed by atoms with E-state index in [0.717, 1.165) is 5.58 Å². The van der Waals surface area contributed by atoms with Gasteiger partial charge in [-0.15, -0.1) is 0 Å². The molecule has 2 nitrogen and oxygen atoms in total. The molecule has 0 saturated carbocycles. The average molecular weight is 208 g/mol. The number of fused-ring (bicyclic) bond motifs is 1. The summed E-state index contributed by atoms with van der Waals surface area (Å²) in [4.78, 5) is 0.186. The molecule has 1 aromatic heterocycles. The Bertz CT molecular complexity index is 514. The van der Waals surface area contributed by atoms with E-state index in [0.29, 0.717) is 5.58 Å². The van der Waals surface area contributed by atoms with E-state index in [9.17, 15) is 0 Å². The first-order valence-electron chi connectivity index (χ1n) is 4.51. The van der Waals surface area contributed by atoms with Crippen LogP contribution in [0.2, 0.25) is 0 Å². The fourth-order valence-corrected chi connectivity index (χ4v) is 1.52. The van der Waals surface area contributed by atoms with E-state index in [1.165, 1.54) is 5.56 Å². The SMILES string of the molecule is CC(C)(C)c1ccc2oc(=S)oc2c1. The van der Waals surface area contributed by atoms with Gasteiger partial charge in [0.15, 0.2) is 11.2 Å². The maximum atomic E-state index is 5.25. The Morgan fingerprint density at radius 2 is 1.71 bits per heavy atom. The maximum Gasteiger partial charge on any atom is 0.363 e. The Morgan fingerprint density at radius 1 is 1.07 bits per heavy atom. The van der Waals surface area contributed by atoms with Gasteiger partial charge in [-0.05, 0) is 23.1 Å². The molecule has 0 aliphatic heterocycles. The summed E-state index contributed by atoms with van der Waals surface area (Å²) < 4.78 is 10.4. The Balaban J connectivity index is 2.67. The fraction of sp³-hybridized carbons (Fsp3) is 0.364. The lowest BCUT2D eigenvalue weighted by molar-refractivity contribution is 0.443. The summed E-state index contributed by atoms with van der Waals surface area (Å²) in [5.41, 5.74) is 2.76. The molecule has 0 aliphatic carbocycles. The molecule has 1 aromatic carbocycles. The van der Waals surface area contributed by atoms with Gasteiger partial charge in [-0.1, -0.05) is 26.8 Å². The normalized spacial score (nSPS) is 12.2. The van der Waals surface area contributed by atoms with Crippen LogP contribution in [0.5, 0.6) is 0 Å². The third-order valence-corrected chi connectivity index (χ3v) is 2.36. The number of benzene rings is 1. The molecule has 0 unspecified atom stereocenters. The first-order chi connectivity index (χ1) is 6.47. The summed E-state index contributed by atoms with van der Waals surface area (Å²) >= 11 is 4.82. The molecule has 1 heterocycles. The van der Waals surface area contributed by atoms with E-state index < -0.39 is 0 Å². The van der Waals surface area contributed by atoms with E-state index in [2.05, 4.69) is 20.8 Å². The second-order valence-electron chi connectivity index (χ2n) is 4.37. The quantitative estimate of drug-likeness (QED) is 0.611. The van der Waals surface area contributed by atoms with Gasteiger partial charge in [-0.25, -0.2) is 0 Å². The minimum absolute atomic E-state index is 0.114. The minimum Gasteiger partial charge on any atom is -0.413 e. The summed E-state index contributed by atoms with van der Waals surface area (Å²) in [6.45, 7) is 6.47. The highest BCUT2D eigenvalue weighted by Gasteiger charge is 2.15. The Hall–Kier alpha value is -1.09. The number of hydrogen-bond acceptors (Lipinski definition) is 3. The van der Waals surface area contributed by atoms with Crippen LogP contribution in [-0.4, -0.2) is 0 Å². The molecule has 2 rings (SSSR count). The molecule has 0 amide bonds. The Kier molecular flexibility index (Phi) is 2.00. The maximum absolute atomic E-state index is 5.25.